The number of aromatic nitrogens is 1. The summed E-state index contributed by atoms with van der Waals surface area (Å²) in [4.78, 5) is 3.91. The summed E-state index contributed by atoms with van der Waals surface area (Å²) in [5.74, 6) is -2.22. The van der Waals surface area contributed by atoms with Crippen LogP contribution in [0.1, 0.15) is 32.3 Å². The van der Waals surface area contributed by atoms with Gasteiger partial charge in [-0.1, -0.05) is 13.8 Å². The molecular weight excluding hydrogens is 234 g/mol. The van der Waals surface area contributed by atoms with Gasteiger partial charge in [0.2, 0.25) is 0 Å². The molecule has 1 atom stereocenters. The molecule has 1 aromatic carbocycles. The molecule has 0 saturated carbocycles. The van der Waals surface area contributed by atoms with Gasteiger partial charge >= 0.3 is 0 Å². The maximum atomic E-state index is 13.1. The lowest BCUT2D eigenvalue weighted by atomic mass is 9.98. The number of pyridine rings is 1. The summed E-state index contributed by atoms with van der Waals surface area (Å²) >= 11 is 0. The van der Waals surface area contributed by atoms with E-state index in [0.29, 0.717) is 16.3 Å². The number of halogens is 2. The average Bonchev–Trinajstić information content (AvgIpc) is 2.41. The van der Waals surface area contributed by atoms with Gasteiger partial charge in [0.05, 0.1) is 12.0 Å². The smallest absolute Gasteiger partial charge is 0.159 e. The first-order valence-electron chi connectivity index (χ1n) is 5.75. The molecule has 1 heterocycles. The Hall–Kier alpha value is -2.02. The summed E-state index contributed by atoms with van der Waals surface area (Å²) < 4.78 is 26.1. The van der Waals surface area contributed by atoms with E-state index in [9.17, 15) is 8.78 Å². The molecule has 4 heteroatoms. The number of hydrogen-bond donors (Lipinski definition) is 0. The van der Waals surface area contributed by atoms with Crippen molar-refractivity contribution in [2.24, 2.45) is 0 Å². The van der Waals surface area contributed by atoms with Crippen molar-refractivity contribution in [1.82, 2.24) is 4.98 Å². The van der Waals surface area contributed by atoms with Gasteiger partial charge < -0.3 is 0 Å². The highest BCUT2D eigenvalue weighted by atomic mass is 19.2. The Morgan fingerprint density at radius 2 is 1.78 bits per heavy atom. The second-order valence-electron chi connectivity index (χ2n) is 3.57. The molecule has 0 saturated heterocycles. The monoisotopic (exact) mass is 248 g/mol. The first-order valence-corrected chi connectivity index (χ1v) is 5.75. The van der Waals surface area contributed by atoms with Crippen LogP contribution < -0.4 is 0 Å². The number of hydrogen-bond acceptors (Lipinski definition) is 2. The van der Waals surface area contributed by atoms with Gasteiger partial charge in [0.1, 0.15) is 0 Å². The van der Waals surface area contributed by atoms with E-state index in [4.69, 9.17) is 5.26 Å². The van der Waals surface area contributed by atoms with Gasteiger partial charge in [-0.05, 0) is 30.0 Å². The predicted molar refractivity (Wildman–Crippen MR) is 67.0 cm³/mol. The lowest BCUT2D eigenvalue weighted by Gasteiger charge is -2.07. The van der Waals surface area contributed by atoms with E-state index in [1.165, 1.54) is 12.4 Å². The number of fused-ring (bicyclic) bond motifs is 1. The molecule has 94 valence electrons. The zero-order valence-corrected chi connectivity index (χ0v) is 10.5. The fourth-order valence-corrected chi connectivity index (χ4v) is 1.60. The molecule has 2 rings (SSSR count). The van der Waals surface area contributed by atoms with Gasteiger partial charge in [-0.3, -0.25) is 4.98 Å². The maximum Gasteiger partial charge on any atom is 0.159 e. The van der Waals surface area contributed by atoms with Crippen LogP contribution in [0.5, 0.6) is 0 Å². The minimum absolute atomic E-state index is 0.402. The van der Waals surface area contributed by atoms with Gasteiger partial charge in [0.25, 0.3) is 0 Å². The van der Waals surface area contributed by atoms with Crippen molar-refractivity contribution in [2.45, 2.75) is 26.7 Å². The van der Waals surface area contributed by atoms with E-state index in [1.807, 2.05) is 13.8 Å². The Kier molecular flexibility index (Phi) is 4.73. The van der Waals surface area contributed by atoms with Crippen LogP contribution in [-0.2, 0) is 0 Å². The van der Waals surface area contributed by atoms with E-state index < -0.39 is 17.6 Å². The van der Waals surface area contributed by atoms with Crippen molar-refractivity contribution in [2.75, 3.05) is 0 Å². The molecule has 0 bridgehead atoms. The second-order valence-corrected chi connectivity index (χ2v) is 3.57. The van der Waals surface area contributed by atoms with E-state index in [0.717, 1.165) is 12.1 Å². The molecule has 0 aliphatic carbocycles. The number of benzene rings is 1. The molecule has 2 aromatic rings. The Balaban J connectivity index is 0.000000771. The minimum Gasteiger partial charge on any atom is -0.264 e. The summed E-state index contributed by atoms with van der Waals surface area (Å²) in [5.41, 5.74) is 0.610. The van der Waals surface area contributed by atoms with E-state index in [2.05, 4.69) is 11.1 Å². The van der Waals surface area contributed by atoms with Crippen molar-refractivity contribution in [3.05, 3.63) is 41.7 Å². The Bertz CT molecular complexity index is 588. The molecule has 0 N–H and O–H groups in total. The first-order chi connectivity index (χ1) is 8.63. The normalized spacial score (nSPS) is 11.3. The Morgan fingerprint density at radius 3 is 2.39 bits per heavy atom. The van der Waals surface area contributed by atoms with Crippen molar-refractivity contribution >= 4 is 10.8 Å². The average molecular weight is 248 g/mol. The van der Waals surface area contributed by atoms with Crippen LogP contribution in [0.3, 0.4) is 0 Å². The summed E-state index contributed by atoms with van der Waals surface area (Å²) in [7, 11) is 0. The van der Waals surface area contributed by atoms with Gasteiger partial charge in [-0.2, -0.15) is 5.26 Å². The summed E-state index contributed by atoms with van der Waals surface area (Å²) in [6.07, 6.45) is 2.96. The van der Waals surface area contributed by atoms with Crippen LogP contribution in [-0.4, -0.2) is 4.98 Å². The lowest BCUT2D eigenvalue weighted by Crippen LogP contribution is -1.95. The zero-order chi connectivity index (χ0) is 13.7. The van der Waals surface area contributed by atoms with E-state index in [-0.39, 0.29) is 0 Å². The molecule has 0 amide bonds. The molecule has 0 radical (unpaired) electrons. The largest absolute Gasteiger partial charge is 0.264 e. The van der Waals surface area contributed by atoms with E-state index in [1.54, 1.807) is 6.92 Å². The number of rotatable bonds is 1. The van der Waals surface area contributed by atoms with Crippen molar-refractivity contribution < 1.29 is 8.78 Å². The van der Waals surface area contributed by atoms with Gasteiger partial charge in [-0.25, -0.2) is 8.78 Å². The molecule has 0 aliphatic rings. The fourth-order valence-electron chi connectivity index (χ4n) is 1.60. The SMILES string of the molecule is CC.CC(C#N)c1cncc2cc(F)c(F)cc12. The maximum absolute atomic E-state index is 13.1. The first kappa shape index (κ1) is 14.0. The predicted octanol–water partition coefficient (Wildman–Crippen LogP) is 4.17. The molecule has 0 aliphatic heterocycles. The molecule has 1 aromatic heterocycles. The fraction of sp³-hybridized carbons (Fsp3) is 0.286. The van der Waals surface area contributed by atoms with Crippen LogP contribution in [0.4, 0.5) is 8.78 Å². The van der Waals surface area contributed by atoms with Crippen LogP contribution in [0.15, 0.2) is 24.5 Å². The van der Waals surface area contributed by atoms with Crippen LogP contribution in [0.25, 0.3) is 10.8 Å². The third-order valence-electron chi connectivity index (χ3n) is 2.49. The number of nitrogens with zero attached hydrogens (tertiary/aromatic N) is 2. The summed E-state index contributed by atoms with van der Waals surface area (Å²) in [6, 6.07) is 4.25. The lowest BCUT2D eigenvalue weighted by molar-refractivity contribution is 0.511. The van der Waals surface area contributed by atoms with Crippen LogP contribution in [0.2, 0.25) is 0 Å². The molecule has 0 spiro atoms. The highest BCUT2D eigenvalue weighted by molar-refractivity contribution is 5.85. The van der Waals surface area contributed by atoms with E-state index >= 15 is 0 Å². The standard InChI is InChI=1S/C12H8F2N2.C2H6/c1-7(4-15)10-6-16-5-8-2-11(13)12(14)3-9(8)10;1-2/h2-3,5-7H,1H3;1-2H3. The highest BCUT2D eigenvalue weighted by Crippen LogP contribution is 2.26. The molecule has 2 nitrogen and oxygen atoms in total. The van der Waals surface area contributed by atoms with Crippen molar-refractivity contribution in [3.8, 4) is 6.07 Å². The Labute approximate surface area is 105 Å². The molecular formula is C14H14F2N2. The quantitative estimate of drug-likeness (QED) is 0.759. The van der Waals surface area contributed by atoms with Gasteiger partial charge in [0, 0.05) is 17.8 Å². The summed E-state index contributed by atoms with van der Waals surface area (Å²) in [5, 5.41) is 9.86. The third kappa shape index (κ3) is 2.62. The zero-order valence-electron chi connectivity index (χ0n) is 10.5. The van der Waals surface area contributed by atoms with Crippen molar-refractivity contribution in [1.29, 1.82) is 5.26 Å². The summed E-state index contributed by atoms with van der Waals surface area (Å²) in [6.45, 7) is 5.69. The molecule has 0 fully saturated rings. The van der Waals surface area contributed by atoms with Crippen LogP contribution >= 0.6 is 0 Å². The third-order valence-corrected chi connectivity index (χ3v) is 2.49. The van der Waals surface area contributed by atoms with Crippen molar-refractivity contribution in [3.63, 3.8) is 0 Å². The van der Waals surface area contributed by atoms with Gasteiger partial charge in [-0.15, -0.1) is 0 Å². The molecule has 1 unspecified atom stereocenters. The minimum atomic E-state index is -0.912. The Morgan fingerprint density at radius 1 is 1.17 bits per heavy atom. The second kappa shape index (κ2) is 6.06. The van der Waals surface area contributed by atoms with Gasteiger partial charge in [0.15, 0.2) is 11.6 Å². The van der Waals surface area contributed by atoms with Crippen LogP contribution in [0, 0.1) is 23.0 Å². The number of nitriles is 1. The molecule has 18 heavy (non-hydrogen) atoms. The highest BCUT2D eigenvalue weighted by Gasteiger charge is 2.12. The topological polar surface area (TPSA) is 36.7 Å².